The maximum atomic E-state index is 11.3. The van der Waals surface area contributed by atoms with Crippen molar-refractivity contribution in [1.29, 1.82) is 0 Å². The quantitative estimate of drug-likeness (QED) is 0.640. The lowest BCUT2D eigenvalue weighted by molar-refractivity contribution is 0.679. The molecular weight excluding hydrogens is 172 g/mol. The van der Waals surface area contributed by atoms with E-state index in [2.05, 4.69) is 15.9 Å². The molecule has 0 aliphatic carbocycles. The number of rotatable bonds is 3. The van der Waals surface area contributed by atoms with E-state index in [1.54, 1.807) is 6.20 Å². The average Bonchev–Trinajstić information content (AvgIpc) is 2.15. The maximum Gasteiger partial charge on any atom is 0.145 e. The summed E-state index contributed by atoms with van der Waals surface area (Å²) >= 11 is 0. The minimum absolute atomic E-state index is 0.454. The summed E-state index contributed by atoms with van der Waals surface area (Å²) in [5, 5.41) is 0.493. The predicted octanol–water partition coefficient (Wildman–Crippen LogP) is 0.607. The highest BCUT2D eigenvalue weighted by Crippen LogP contribution is 1.99. The lowest BCUT2D eigenvalue weighted by atomic mass is 10.5. The molecule has 1 heterocycles. The molecule has 62 valence electrons. The van der Waals surface area contributed by atoms with Crippen LogP contribution < -0.4 is 0 Å². The van der Waals surface area contributed by atoms with Crippen molar-refractivity contribution in [2.75, 3.05) is 5.75 Å². The zero-order chi connectivity index (χ0) is 8.81. The van der Waals surface area contributed by atoms with Gasteiger partial charge in [-0.3, -0.25) is 9.19 Å². The van der Waals surface area contributed by atoms with Gasteiger partial charge in [0.05, 0.1) is 17.0 Å². The van der Waals surface area contributed by atoms with Gasteiger partial charge in [-0.05, 0) is 0 Å². The number of hydrogen-bond donors (Lipinski definition) is 0. The van der Waals surface area contributed by atoms with E-state index in [0.29, 0.717) is 17.2 Å². The van der Waals surface area contributed by atoms with Gasteiger partial charge < -0.3 is 0 Å². The third kappa shape index (κ3) is 2.44. The SMILES string of the molecule is C#CCCS(=O)c1cnccn1. The zero-order valence-electron chi connectivity index (χ0n) is 6.43. The van der Waals surface area contributed by atoms with Crippen molar-refractivity contribution in [2.45, 2.75) is 11.4 Å². The van der Waals surface area contributed by atoms with E-state index < -0.39 is 10.8 Å². The van der Waals surface area contributed by atoms with Gasteiger partial charge in [0, 0.05) is 24.6 Å². The van der Waals surface area contributed by atoms with Gasteiger partial charge in [0.15, 0.2) is 0 Å². The molecule has 0 spiro atoms. The fourth-order valence-electron chi connectivity index (χ4n) is 0.659. The van der Waals surface area contributed by atoms with Crippen LogP contribution >= 0.6 is 0 Å². The Bertz CT molecular complexity index is 305. The topological polar surface area (TPSA) is 42.9 Å². The Morgan fingerprint density at radius 3 is 3.00 bits per heavy atom. The fraction of sp³-hybridized carbons (Fsp3) is 0.250. The molecular formula is C8H8N2OS. The summed E-state index contributed by atoms with van der Waals surface area (Å²) in [6.45, 7) is 0. The van der Waals surface area contributed by atoms with Crippen molar-refractivity contribution in [3.8, 4) is 12.3 Å². The molecule has 1 rings (SSSR count). The summed E-state index contributed by atoms with van der Waals surface area (Å²) in [5.74, 6) is 2.88. The lowest BCUT2D eigenvalue weighted by Gasteiger charge is -1.95. The number of aromatic nitrogens is 2. The van der Waals surface area contributed by atoms with Gasteiger partial charge >= 0.3 is 0 Å². The molecule has 0 aliphatic rings. The number of hydrogen-bond acceptors (Lipinski definition) is 3. The second kappa shape index (κ2) is 4.62. The molecule has 0 aromatic carbocycles. The molecule has 3 nitrogen and oxygen atoms in total. The van der Waals surface area contributed by atoms with Gasteiger partial charge in [-0.1, -0.05) is 0 Å². The largest absolute Gasteiger partial charge is 0.260 e. The highest BCUT2D eigenvalue weighted by molar-refractivity contribution is 7.84. The zero-order valence-corrected chi connectivity index (χ0v) is 7.25. The molecule has 0 saturated heterocycles. The molecule has 0 amide bonds. The lowest BCUT2D eigenvalue weighted by Crippen LogP contribution is -1.99. The maximum absolute atomic E-state index is 11.3. The van der Waals surface area contributed by atoms with E-state index in [1.807, 2.05) is 0 Å². The minimum Gasteiger partial charge on any atom is -0.260 e. The Labute approximate surface area is 73.7 Å². The third-order valence-electron chi connectivity index (χ3n) is 1.20. The van der Waals surface area contributed by atoms with Gasteiger partial charge in [0.1, 0.15) is 5.03 Å². The number of nitrogens with zero attached hydrogens (tertiary/aromatic N) is 2. The summed E-state index contributed by atoms with van der Waals surface area (Å²) < 4.78 is 11.3. The first kappa shape index (κ1) is 8.88. The van der Waals surface area contributed by atoms with Crippen molar-refractivity contribution < 1.29 is 4.21 Å². The highest BCUT2D eigenvalue weighted by atomic mass is 32.2. The normalized spacial score (nSPS) is 11.9. The third-order valence-corrected chi connectivity index (χ3v) is 2.46. The highest BCUT2D eigenvalue weighted by Gasteiger charge is 2.02. The predicted molar refractivity (Wildman–Crippen MR) is 46.8 cm³/mol. The van der Waals surface area contributed by atoms with Crippen LogP contribution in [-0.2, 0) is 10.8 Å². The summed E-state index contributed by atoms with van der Waals surface area (Å²) in [5.41, 5.74) is 0. The van der Waals surface area contributed by atoms with Gasteiger partial charge in [-0.25, -0.2) is 4.98 Å². The van der Waals surface area contributed by atoms with Crippen LogP contribution in [0, 0.1) is 12.3 Å². The first-order valence-corrected chi connectivity index (χ1v) is 4.74. The Balaban J connectivity index is 2.61. The summed E-state index contributed by atoms with van der Waals surface area (Å²) in [4.78, 5) is 7.71. The Hall–Kier alpha value is -1.21. The molecule has 0 fully saturated rings. The Morgan fingerprint density at radius 1 is 1.58 bits per heavy atom. The van der Waals surface area contributed by atoms with Crippen LogP contribution in [-0.4, -0.2) is 19.9 Å². The second-order valence-corrected chi connectivity index (χ2v) is 3.56. The van der Waals surface area contributed by atoms with Gasteiger partial charge in [-0.2, -0.15) is 0 Å². The molecule has 1 unspecified atom stereocenters. The van der Waals surface area contributed by atoms with E-state index in [-0.39, 0.29) is 0 Å². The van der Waals surface area contributed by atoms with E-state index in [4.69, 9.17) is 6.42 Å². The van der Waals surface area contributed by atoms with Crippen molar-refractivity contribution in [3.05, 3.63) is 18.6 Å². The van der Waals surface area contributed by atoms with E-state index in [1.165, 1.54) is 12.4 Å². The summed E-state index contributed by atoms with van der Waals surface area (Å²) in [7, 11) is -1.10. The first-order valence-electron chi connectivity index (χ1n) is 3.42. The summed E-state index contributed by atoms with van der Waals surface area (Å²) in [6.07, 6.45) is 10.1. The molecule has 1 aromatic heterocycles. The fourth-order valence-corrected chi connectivity index (χ4v) is 1.53. The molecule has 0 saturated carbocycles. The van der Waals surface area contributed by atoms with Gasteiger partial charge in [-0.15, -0.1) is 12.3 Å². The first-order chi connectivity index (χ1) is 5.84. The molecule has 0 bridgehead atoms. The smallest absolute Gasteiger partial charge is 0.145 e. The van der Waals surface area contributed by atoms with Crippen LogP contribution in [0.25, 0.3) is 0 Å². The minimum atomic E-state index is -1.10. The molecule has 1 aromatic rings. The average molecular weight is 180 g/mol. The van der Waals surface area contributed by atoms with Crippen LogP contribution in [0.15, 0.2) is 23.6 Å². The molecule has 12 heavy (non-hydrogen) atoms. The van der Waals surface area contributed by atoms with Crippen LogP contribution in [0.1, 0.15) is 6.42 Å². The monoisotopic (exact) mass is 180 g/mol. The van der Waals surface area contributed by atoms with Crippen molar-refractivity contribution in [1.82, 2.24) is 9.97 Å². The van der Waals surface area contributed by atoms with Crippen molar-refractivity contribution in [2.24, 2.45) is 0 Å². The van der Waals surface area contributed by atoms with Gasteiger partial charge in [0.25, 0.3) is 0 Å². The molecule has 0 aliphatic heterocycles. The standard InChI is InChI=1S/C8H8N2OS/c1-2-3-6-12(11)8-7-9-4-5-10-8/h1,4-5,7H,3,6H2. The molecule has 0 N–H and O–H groups in total. The number of terminal acetylenes is 1. The second-order valence-electron chi connectivity index (χ2n) is 2.05. The Kier molecular flexibility index (Phi) is 3.42. The molecule has 1 atom stereocenters. The van der Waals surface area contributed by atoms with E-state index >= 15 is 0 Å². The van der Waals surface area contributed by atoms with Gasteiger partial charge in [0.2, 0.25) is 0 Å². The van der Waals surface area contributed by atoms with E-state index in [9.17, 15) is 4.21 Å². The molecule has 0 radical (unpaired) electrons. The molecule has 4 heteroatoms. The van der Waals surface area contributed by atoms with Crippen LogP contribution in [0.3, 0.4) is 0 Å². The van der Waals surface area contributed by atoms with Crippen molar-refractivity contribution in [3.63, 3.8) is 0 Å². The van der Waals surface area contributed by atoms with Crippen molar-refractivity contribution >= 4 is 10.8 Å². The van der Waals surface area contributed by atoms with E-state index in [0.717, 1.165) is 0 Å². The van der Waals surface area contributed by atoms with Crippen LogP contribution in [0.5, 0.6) is 0 Å². The summed E-state index contributed by atoms with van der Waals surface area (Å²) in [6, 6.07) is 0. The Morgan fingerprint density at radius 2 is 2.42 bits per heavy atom. The van der Waals surface area contributed by atoms with Crippen LogP contribution in [0.4, 0.5) is 0 Å². The van der Waals surface area contributed by atoms with Crippen LogP contribution in [0.2, 0.25) is 0 Å².